The van der Waals surface area contributed by atoms with Gasteiger partial charge in [-0.3, -0.25) is 4.79 Å². The summed E-state index contributed by atoms with van der Waals surface area (Å²) in [4.78, 5) is 12.0. The fourth-order valence-electron chi connectivity index (χ4n) is 2.08. The number of furan rings is 1. The summed E-state index contributed by atoms with van der Waals surface area (Å²) in [6.07, 6.45) is 0. The lowest BCUT2D eigenvalue weighted by Crippen LogP contribution is -2.22. The van der Waals surface area contributed by atoms with E-state index in [1.165, 1.54) is 6.07 Å². The average Bonchev–Trinajstić information content (AvgIpc) is 2.89. The van der Waals surface area contributed by atoms with Crippen molar-refractivity contribution in [1.82, 2.24) is 5.32 Å². The molecule has 1 aromatic heterocycles. The van der Waals surface area contributed by atoms with Crippen LogP contribution in [0.2, 0.25) is 0 Å². The quantitative estimate of drug-likeness (QED) is 0.726. The van der Waals surface area contributed by atoms with Gasteiger partial charge in [-0.25, -0.2) is 4.39 Å². The van der Waals surface area contributed by atoms with Crippen molar-refractivity contribution in [3.05, 3.63) is 65.7 Å². The number of nitrogen functional groups attached to an aromatic ring is 1. The maximum atomic E-state index is 13.5. The molecule has 0 bridgehead atoms. The van der Waals surface area contributed by atoms with Crippen LogP contribution >= 0.6 is 0 Å². The number of anilines is 1. The Morgan fingerprint density at radius 1 is 1.19 bits per heavy atom. The van der Waals surface area contributed by atoms with Crippen molar-refractivity contribution < 1.29 is 13.6 Å². The first kappa shape index (κ1) is 13.2. The Hall–Kier alpha value is -2.82. The normalized spacial score (nSPS) is 10.7. The lowest BCUT2D eigenvalue weighted by Gasteiger charge is -2.04. The summed E-state index contributed by atoms with van der Waals surface area (Å²) in [5.74, 6) is -0.574. The van der Waals surface area contributed by atoms with Gasteiger partial charge in [0, 0.05) is 23.2 Å². The van der Waals surface area contributed by atoms with Gasteiger partial charge in [0.25, 0.3) is 5.91 Å². The van der Waals surface area contributed by atoms with Crippen molar-refractivity contribution in [2.24, 2.45) is 0 Å². The van der Waals surface area contributed by atoms with Gasteiger partial charge in [0.2, 0.25) is 0 Å². The van der Waals surface area contributed by atoms with Crippen molar-refractivity contribution in [3.8, 4) is 0 Å². The Morgan fingerprint density at radius 3 is 2.81 bits per heavy atom. The number of nitrogens with one attached hydrogen (secondary N) is 1. The van der Waals surface area contributed by atoms with Gasteiger partial charge in [0.05, 0.1) is 0 Å². The Bertz CT molecular complexity index is 811. The molecule has 0 saturated heterocycles. The summed E-state index contributed by atoms with van der Waals surface area (Å²) in [6.45, 7) is 0.102. The Morgan fingerprint density at radius 2 is 2.00 bits per heavy atom. The van der Waals surface area contributed by atoms with Crippen molar-refractivity contribution >= 4 is 22.6 Å². The summed E-state index contributed by atoms with van der Waals surface area (Å²) in [5, 5.41) is 3.38. The van der Waals surface area contributed by atoms with Gasteiger partial charge in [-0.15, -0.1) is 0 Å². The number of hydrogen-bond acceptors (Lipinski definition) is 3. The molecule has 4 nitrogen and oxygen atoms in total. The third-order valence-corrected chi connectivity index (χ3v) is 3.16. The highest BCUT2D eigenvalue weighted by molar-refractivity contribution is 5.96. The number of nitrogens with two attached hydrogens (primary N) is 1. The van der Waals surface area contributed by atoms with Crippen LogP contribution in [0.3, 0.4) is 0 Å². The second-order valence-corrected chi connectivity index (χ2v) is 4.68. The second-order valence-electron chi connectivity index (χ2n) is 4.68. The molecule has 0 saturated carbocycles. The molecule has 0 aliphatic carbocycles. The second kappa shape index (κ2) is 5.28. The van der Waals surface area contributed by atoms with Crippen molar-refractivity contribution in [2.75, 3.05) is 5.73 Å². The summed E-state index contributed by atoms with van der Waals surface area (Å²) >= 11 is 0. The van der Waals surface area contributed by atoms with Gasteiger partial charge in [0.1, 0.15) is 11.4 Å². The van der Waals surface area contributed by atoms with E-state index in [0.29, 0.717) is 16.8 Å². The predicted molar refractivity (Wildman–Crippen MR) is 78.2 cm³/mol. The Kier molecular flexibility index (Phi) is 3.31. The minimum absolute atomic E-state index is 0.102. The molecule has 3 aromatic rings. The lowest BCUT2D eigenvalue weighted by molar-refractivity contribution is 0.0925. The summed E-state index contributed by atoms with van der Waals surface area (Å²) in [5.41, 5.74) is 7.28. The van der Waals surface area contributed by atoms with Crippen LogP contribution in [0, 0.1) is 5.82 Å². The molecule has 0 unspecified atom stereocenters. The van der Waals surface area contributed by atoms with Crippen LogP contribution in [0.15, 0.2) is 52.9 Å². The first-order chi connectivity index (χ1) is 10.1. The highest BCUT2D eigenvalue weighted by Crippen LogP contribution is 2.21. The number of carbonyl (C=O) groups is 1. The van der Waals surface area contributed by atoms with Gasteiger partial charge in [-0.2, -0.15) is 0 Å². The van der Waals surface area contributed by atoms with Crippen molar-refractivity contribution in [1.29, 1.82) is 0 Å². The first-order valence-electron chi connectivity index (χ1n) is 6.44. The van der Waals surface area contributed by atoms with E-state index in [1.807, 2.05) is 0 Å². The van der Waals surface area contributed by atoms with Crippen LogP contribution in [0.5, 0.6) is 0 Å². The molecule has 3 N–H and O–H groups in total. The van der Waals surface area contributed by atoms with Gasteiger partial charge in [-0.05, 0) is 30.3 Å². The monoisotopic (exact) mass is 284 g/mol. The fourth-order valence-corrected chi connectivity index (χ4v) is 2.08. The number of rotatable bonds is 3. The molecule has 1 amide bonds. The van der Waals surface area contributed by atoms with Crippen molar-refractivity contribution in [2.45, 2.75) is 6.54 Å². The first-order valence-corrected chi connectivity index (χ1v) is 6.44. The number of benzene rings is 2. The van der Waals surface area contributed by atoms with Crippen molar-refractivity contribution in [3.63, 3.8) is 0 Å². The molecular formula is C16H13FN2O2. The van der Waals surface area contributed by atoms with Gasteiger partial charge in [-0.1, -0.05) is 18.2 Å². The van der Waals surface area contributed by atoms with Crippen LogP contribution in [0.25, 0.3) is 11.0 Å². The van der Waals surface area contributed by atoms with E-state index < -0.39 is 5.91 Å². The van der Waals surface area contributed by atoms with E-state index in [0.717, 1.165) is 5.39 Å². The largest absolute Gasteiger partial charge is 0.451 e. The number of carbonyl (C=O) groups excluding carboxylic acids is 1. The van der Waals surface area contributed by atoms with Crippen LogP contribution in [0.4, 0.5) is 10.1 Å². The van der Waals surface area contributed by atoms with Crippen LogP contribution in [-0.4, -0.2) is 5.91 Å². The molecule has 2 aromatic carbocycles. The smallest absolute Gasteiger partial charge is 0.287 e. The fraction of sp³-hybridized carbons (Fsp3) is 0.0625. The number of amides is 1. The molecule has 0 atom stereocenters. The zero-order valence-electron chi connectivity index (χ0n) is 11.1. The zero-order valence-corrected chi connectivity index (χ0v) is 11.1. The molecule has 0 aliphatic heterocycles. The molecule has 1 heterocycles. The highest BCUT2D eigenvalue weighted by Gasteiger charge is 2.12. The highest BCUT2D eigenvalue weighted by atomic mass is 19.1. The topological polar surface area (TPSA) is 68.3 Å². The van der Waals surface area contributed by atoms with E-state index in [9.17, 15) is 9.18 Å². The summed E-state index contributed by atoms with van der Waals surface area (Å²) in [6, 6.07) is 13.0. The molecule has 21 heavy (non-hydrogen) atoms. The zero-order chi connectivity index (χ0) is 14.8. The molecule has 0 fully saturated rings. The molecule has 106 valence electrons. The van der Waals surface area contributed by atoms with E-state index in [2.05, 4.69) is 5.32 Å². The molecular weight excluding hydrogens is 271 g/mol. The third kappa shape index (κ3) is 2.72. The number of hydrogen-bond donors (Lipinski definition) is 2. The Labute approximate surface area is 120 Å². The SMILES string of the molecule is Nc1ccc2oc(C(=O)NCc3ccccc3F)cc2c1. The number of halogens is 1. The van der Waals surface area contributed by atoms with Crippen LogP contribution in [0.1, 0.15) is 16.1 Å². The number of fused-ring (bicyclic) bond motifs is 1. The molecule has 5 heteroatoms. The maximum Gasteiger partial charge on any atom is 0.287 e. The lowest BCUT2D eigenvalue weighted by atomic mass is 10.2. The predicted octanol–water partition coefficient (Wildman–Crippen LogP) is 3.08. The van der Waals surface area contributed by atoms with E-state index >= 15 is 0 Å². The van der Waals surface area contributed by atoms with Gasteiger partial charge in [0.15, 0.2) is 5.76 Å². The average molecular weight is 284 g/mol. The van der Waals surface area contributed by atoms with Gasteiger partial charge < -0.3 is 15.5 Å². The Balaban J connectivity index is 1.76. The standard InChI is InChI=1S/C16H13FN2O2/c17-13-4-2-1-3-10(13)9-19-16(20)15-8-11-7-12(18)5-6-14(11)21-15/h1-8H,9,18H2,(H,19,20). The molecule has 0 spiro atoms. The van der Waals surface area contributed by atoms with E-state index in [4.69, 9.17) is 10.2 Å². The molecule has 0 aliphatic rings. The summed E-state index contributed by atoms with van der Waals surface area (Å²) in [7, 11) is 0. The third-order valence-electron chi connectivity index (χ3n) is 3.16. The van der Waals surface area contributed by atoms with Crippen LogP contribution in [-0.2, 0) is 6.54 Å². The maximum absolute atomic E-state index is 13.5. The molecule has 0 radical (unpaired) electrons. The minimum atomic E-state index is -0.395. The van der Waals surface area contributed by atoms with E-state index in [-0.39, 0.29) is 18.1 Å². The van der Waals surface area contributed by atoms with Gasteiger partial charge >= 0.3 is 0 Å². The van der Waals surface area contributed by atoms with E-state index in [1.54, 1.807) is 42.5 Å². The minimum Gasteiger partial charge on any atom is -0.451 e. The summed E-state index contributed by atoms with van der Waals surface area (Å²) < 4.78 is 18.9. The molecule has 3 rings (SSSR count). The van der Waals surface area contributed by atoms with Crippen LogP contribution < -0.4 is 11.1 Å².